The Hall–Kier alpha value is -6.14. The van der Waals surface area contributed by atoms with E-state index in [0.717, 1.165) is 16.4 Å². The summed E-state index contributed by atoms with van der Waals surface area (Å²) < 4.78 is 23.7. The van der Waals surface area contributed by atoms with Crippen molar-refractivity contribution in [2.75, 3.05) is 38.2 Å². The highest BCUT2D eigenvalue weighted by Crippen LogP contribution is 2.49. The summed E-state index contributed by atoms with van der Waals surface area (Å²) in [7, 11) is 1.43. The summed E-state index contributed by atoms with van der Waals surface area (Å²) in [6.07, 6.45) is 3.44. The molecule has 1 aliphatic carbocycles. The Labute approximate surface area is 393 Å². The second kappa shape index (κ2) is 19.6. The molecule has 4 N–H and O–H groups in total. The normalized spacial score (nSPS) is 30.3. The lowest BCUT2D eigenvalue weighted by molar-refractivity contribution is -0.160. The van der Waals surface area contributed by atoms with Gasteiger partial charge >= 0.3 is 11.8 Å². The van der Waals surface area contributed by atoms with Gasteiger partial charge in [0, 0.05) is 92.9 Å². The van der Waals surface area contributed by atoms with Gasteiger partial charge in [-0.15, -0.1) is 11.3 Å². The highest BCUT2D eigenvalue weighted by Gasteiger charge is 2.53. The monoisotopic (exact) mass is 938 g/mol. The number of aliphatic hydroxyl groups excluding tert-OH is 2. The Morgan fingerprint density at radius 3 is 2.22 bits per heavy atom. The van der Waals surface area contributed by atoms with Crippen LogP contribution in [0.25, 0.3) is 11.3 Å². The number of piperazine rings is 1. The predicted molar refractivity (Wildman–Crippen MR) is 250 cm³/mol. The summed E-state index contributed by atoms with van der Waals surface area (Å²) >= 11 is 1.48. The van der Waals surface area contributed by atoms with Crippen LogP contribution in [0, 0.1) is 30.6 Å². The Bertz CT molecular complexity index is 2580. The van der Waals surface area contributed by atoms with Crippen molar-refractivity contribution in [2.45, 2.75) is 85.6 Å². The molecule has 17 heteroatoms. The number of nitrogens with zero attached hydrogens (tertiary/aromatic N) is 3. The first-order valence-corrected chi connectivity index (χ1v) is 23.2. The molecule has 2 aromatic carbocycles. The molecule has 1 aromatic heterocycles. The first-order valence-electron chi connectivity index (χ1n) is 22.3. The van der Waals surface area contributed by atoms with Crippen LogP contribution in [0.4, 0.5) is 5.13 Å². The van der Waals surface area contributed by atoms with Gasteiger partial charge in [-0.1, -0.05) is 76.3 Å². The zero-order valence-corrected chi connectivity index (χ0v) is 39.9. The number of fused-ring (bicyclic) bond motifs is 14. The lowest BCUT2D eigenvalue weighted by atomic mass is 9.78. The number of anilines is 1. The molecule has 4 aliphatic heterocycles. The topological polar surface area (TPSA) is 214 Å². The molecule has 67 heavy (non-hydrogen) atoms. The van der Waals surface area contributed by atoms with Crippen molar-refractivity contribution in [1.82, 2.24) is 15.2 Å². The summed E-state index contributed by atoms with van der Waals surface area (Å²) in [5.74, 6) is -9.19. The molecule has 1 saturated heterocycles. The van der Waals surface area contributed by atoms with Crippen LogP contribution in [0.3, 0.4) is 0 Å². The average Bonchev–Trinajstić information content (AvgIpc) is 3.91. The largest absolute Gasteiger partial charge is 0.507 e. The maximum atomic E-state index is 15.2. The summed E-state index contributed by atoms with van der Waals surface area (Å²) in [6.45, 7) is 13.7. The van der Waals surface area contributed by atoms with Crippen LogP contribution in [0.15, 0.2) is 83.2 Å². The molecule has 1 amide bonds. The number of hydrogen-bond acceptors (Lipinski definition) is 16. The van der Waals surface area contributed by atoms with Crippen molar-refractivity contribution in [1.29, 1.82) is 0 Å². The van der Waals surface area contributed by atoms with Gasteiger partial charge in [0.15, 0.2) is 5.13 Å². The summed E-state index contributed by atoms with van der Waals surface area (Å²) in [5, 5.41) is 40.2. The molecule has 0 radical (unpaired) electrons. The van der Waals surface area contributed by atoms with Gasteiger partial charge in [0.1, 0.15) is 29.0 Å². The number of Topliss-reactive ketones (excluding diaryl/α,β-unsaturated/α-hetero) is 3. The van der Waals surface area contributed by atoms with Gasteiger partial charge in [-0.25, -0.2) is 4.98 Å². The van der Waals surface area contributed by atoms with Crippen molar-refractivity contribution >= 4 is 45.7 Å². The van der Waals surface area contributed by atoms with Gasteiger partial charge in [-0.3, -0.25) is 24.0 Å². The van der Waals surface area contributed by atoms with E-state index in [0.29, 0.717) is 13.1 Å². The number of aliphatic hydroxyl groups is 2. The number of ether oxygens (including phenoxy) is 4. The Kier molecular flexibility index (Phi) is 14.3. The van der Waals surface area contributed by atoms with Crippen molar-refractivity contribution in [3.63, 3.8) is 0 Å². The molecular weight excluding hydrogens is 881 g/mol. The van der Waals surface area contributed by atoms with Gasteiger partial charge < -0.3 is 49.4 Å². The standard InChI is InChI=1S/C50H58N4O12S/c1-25-14-13-15-26(2)48(62)52-38-39(53-19-21-54(22-20-53)49-51-33(24-67-49)32-16-11-10-12-17-32)44(60)35-36(43(38)59)42(58)30(6)46-37(35)47(61)50(8,66-46)64-23-18-34(63-9)27(3)45(65-31(7)55)29(5)41(57)28(4)40(25)56/h10-18,23-25,27-29,34,40-41,45,56-58H,19-22H2,1-9H3,(H,52,62)/b14-13+,23-18+,26-15-/t25-,27+,28+,29-,34-,40-,41-,45+,50-/m0/s1. The van der Waals surface area contributed by atoms with E-state index >= 15 is 4.79 Å². The summed E-state index contributed by atoms with van der Waals surface area (Å²) in [4.78, 5) is 79.7. The number of esters is 1. The molecule has 0 unspecified atom stereocenters. The number of aromatic hydroxyl groups is 1. The number of benzene rings is 2. The number of phenols is 1. The van der Waals surface area contributed by atoms with Crippen molar-refractivity contribution in [3.8, 4) is 22.8 Å². The molecule has 5 aliphatic rings. The Balaban J connectivity index is 1.30. The van der Waals surface area contributed by atoms with E-state index in [1.54, 1.807) is 44.7 Å². The third-order valence-electron chi connectivity index (χ3n) is 13.4. The average molecular weight is 939 g/mol. The predicted octanol–water partition coefficient (Wildman–Crippen LogP) is 5.90. The van der Waals surface area contributed by atoms with E-state index in [4.69, 9.17) is 23.9 Å². The Morgan fingerprint density at radius 1 is 0.896 bits per heavy atom. The van der Waals surface area contributed by atoms with Gasteiger partial charge in [0.2, 0.25) is 11.6 Å². The van der Waals surface area contributed by atoms with Crippen molar-refractivity contribution in [3.05, 3.63) is 105 Å². The highest BCUT2D eigenvalue weighted by atomic mass is 32.1. The van der Waals surface area contributed by atoms with Gasteiger partial charge in [0.05, 0.1) is 47.0 Å². The third-order valence-corrected chi connectivity index (χ3v) is 14.3. The first-order chi connectivity index (χ1) is 31.8. The fraction of sp³-hybridized carbons (Fsp3) is 0.440. The number of aromatic nitrogens is 1. The lowest BCUT2D eigenvalue weighted by Crippen LogP contribution is -2.50. The minimum Gasteiger partial charge on any atom is -0.507 e. The molecule has 0 spiro atoms. The van der Waals surface area contributed by atoms with Crippen LogP contribution in [-0.2, 0) is 23.8 Å². The molecule has 0 saturated carbocycles. The SMILES string of the molecule is CO[C@H]1/C=C/O[C@@]2(C)Oc3c(C)c(O)c4c(c3C2=O)C(=O)C(N2CCN(c3nc(-c5ccccc5)cs3)CC2)=C(NC(=O)/C(C)=C\C=C\[C@H](C)[C@H](O)[C@@H](C)[C@H](O)[C@H](C)[C@H](OC(C)=O)[C@@H]1C)C4=O. The zero-order chi connectivity index (χ0) is 48.6. The Morgan fingerprint density at radius 2 is 1.57 bits per heavy atom. The molecule has 8 rings (SSSR count). The number of ketones is 3. The van der Waals surface area contributed by atoms with Crippen LogP contribution >= 0.6 is 11.3 Å². The minimum absolute atomic E-state index is 0.00181. The fourth-order valence-electron chi connectivity index (χ4n) is 9.25. The molecular formula is C50H58N4O12S. The third kappa shape index (κ3) is 9.29. The van der Waals surface area contributed by atoms with Crippen LogP contribution < -0.4 is 15.0 Å². The molecule has 9 atom stereocenters. The number of phenolic OH excluding ortho intramolecular Hbond substituents is 1. The minimum atomic E-state index is -2.10. The van der Waals surface area contributed by atoms with Crippen LogP contribution in [-0.4, -0.2) is 118 Å². The number of carbonyl (C=O) groups is 5. The van der Waals surface area contributed by atoms with Crippen LogP contribution in [0.2, 0.25) is 0 Å². The number of methoxy groups -OCH3 is 1. The van der Waals surface area contributed by atoms with Gasteiger partial charge in [-0.2, -0.15) is 0 Å². The number of allylic oxidation sites excluding steroid dienone is 4. The number of nitrogens with one attached hydrogen (secondary N) is 1. The molecule has 356 valence electrons. The summed E-state index contributed by atoms with van der Waals surface area (Å²) in [6, 6.07) is 9.78. The fourth-order valence-corrected chi connectivity index (χ4v) is 10.1. The maximum absolute atomic E-state index is 15.2. The van der Waals surface area contributed by atoms with Crippen LogP contribution in [0.1, 0.15) is 85.1 Å². The number of thiazole rings is 1. The van der Waals surface area contributed by atoms with E-state index in [-0.39, 0.29) is 52.5 Å². The van der Waals surface area contributed by atoms with Crippen molar-refractivity contribution in [2.24, 2.45) is 23.7 Å². The van der Waals surface area contributed by atoms with E-state index in [2.05, 4.69) is 10.2 Å². The smallest absolute Gasteiger partial charge is 0.312 e. The van der Waals surface area contributed by atoms with E-state index < -0.39 is 94.4 Å². The van der Waals surface area contributed by atoms with Gasteiger partial charge in [-0.05, 0) is 19.9 Å². The summed E-state index contributed by atoms with van der Waals surface area (Å²) in [5.41, 5.74) is 0.325. The van der Waals surface area contributed by atoms with Crippen molar-refractivity contribution < 1.29 is 58.2 Å². The second-order valence-electron chi connectivity index (χ2n) is 17.9. The quantitative estimate of drug-likeness (QED) is 0.219. The molecule has 3 aromatic rings. The molecule has 16 nitrogen and oxygen atoms in total. The number of hydrogen-bond donors (Lipinski definition) is 4. The number of amides is 1. The van der Waals surface area contributed by atoms with E-state index in [1.807, 2.05) is 35.7 Å². The molecule has 5 bridgehead atoms. The first kappa shape index (κ1) is 48.8. The van der Waals surface area contributed by atoms with E-state index in [9.17, 15) is 34.5 Å². The lowest BCUT2D eigenvalue weighted by Gasteiger charge is -2.38. The van der Waals surface area contributed by atoms with Gasteiger partial charge in [0.25, 0.3) is 11.7 Å². The molecule has 1 fully saturated rings. The second-order valence-corrected chi connectivity index (χ2v) is 18.7. The molecule has 5 heterocycles. The maximum Gasteiger partial charge on any atom is 0.312 e. The highest BCUT2D eigenvalue weighted by molar-refractivity contribution is 7.14. The zero-order valence-electron chi connectivity index (χ0n) is 39.1. The number of rotatable bonds is 5. The van der Waals surface area contributed by atoms with E-state index in [1.165, 1.54) is 64.6 Å². The number of carbonyl (C=O) groups excluding carboxylic acids is 5. The van der Waals surface area contributed by atoms with Crippen LogP contribution in [0.5, 0.6) is 11.5 Å².